The van der Waals surface area contributed by atoms with Crippen LogP contribution >= 0.6 is 11.6 Å². The fourth-order valence-corrected chi connectivity index (χ4v) is 1.46. The van der Waals surface area contributed by atoms with Crippen molar-refractivity contribution in [3.8, 4) is 11.3 Å². The number of hydrogen-bond acceptors (Lipinski definition) is 2. The molecule has 3 nitrogen and oxygen atoms in total. The van der Waals surface area contributed by atoms with Gasteiger partial charge in [0.2, 0.25) is 0 Å². The molecule has 0 saturated heterocycles. The van der Waals surface area contributed by atoms with E-state index in [2.05, 4.69) is 4.99 Å². The molecule has 0 aliphatic carbocycles. The van der Waals surface area contributed by atoms with E-state index in [1.165, 1.54) is 0 Å². The first-order valence-electron chi connectivity index (χ1n) is 4.83. The molecule has 4 heteroatoms. The quantitative estimate of drug-likeness (QED) is 0.504. The first-order chi connectivity index (χ1) is 7.81. The summed E-state index contributed by atoms with van der Waals surface area (Å²) in [5, 5.41) is 0. The van der Waals surface area contributed by atoms with Crippen LogP contribution in [-0.4, -0.2) is 11.7 Å². The second-order valence-corrected chi connectivity index (χ2v) is 3.50. The number of amidine groups is 1. The number of rotatable bonds is 3. The van der Waals surface area contributed by atoms with Gasteiger partial charge >= 0.3 is 0 Å². The monoisotopic (exact) mass is 234 g/mol. The van der Waals surface area contributed by atoms with Crippen molar-refractivity contribution < 1.29 is 4.42 Å². The van der Waals surface area contributed by atoms with Crippen LogP contribution in [0.4, 0.5) is 5.69 Å². The SMILES string of the molecule is NC(CCl)=Nc1ccccc1-c1ccco1. The lowest BCUT2D eigenvalue weighted by Gasteiger charge is -2.02. The Balaban J connectivity index is 2.47. The number of nitrogens with zero attached hydrogens (tertiary/aromatic N) is 1. The summed E-state index contributed by atoms with van der Waals surface area (Å²) in [6.07, 6.45) is 1.63. The maximum absolute atomic E-state index is 5.61. The van der Waals surface area contributed by atoms with Crippen LogP contribution in [0.1, 0.15) is 0 Å². The van der Waals surface area contributed by atoms with Crippen molar-refractivity contribution >= 4 is 23.1 Å². The molecule has 2 N–H and O–H groups in total. The normalized spacial score (nSPS) is 11.7. The summed E-state index contributed by atoms with van der Waals surface area (Å²) in [5.74, 6) is 1.37. The fraction of sp³-hybridized carbons (Fsp3) is 0.0833. The number of nitrogens with two attached hydrogens (primary N) is 1. The Morgan fingerprint density at radius 2 is 2.06 bits per heavy atom. The van der Waals surface area contributed by atoms with Gasteiger partial charge in [0.25, 0.3) is 0 Å². The van der Waals surface area contributed by atoms with E-state index in [1.807, 2.05) is 36.4 Å². The van der Waals surface area contributed by atoms with E-state index in [9.17, 15) is 0 Å². The molecule has 0 unspecified atom stereocenters. The summed E-state index contributed by atoms with van der Waals surface area (Å²) in [4.78, 5) is 4.24. The third-order valence-electron chi connectivity index (χ3n) is 2.09. The highest BCUT2D eigenvalue weighted by molar-refractivity contribution is 6.28. The van der Waals surface area contributed by atoms with E-state index in [0.717, 1.165) is 17.0 Å². The maximum Gasteiger partial charge on any atom is 0.136 e. The van der Waals surface area contributed by atoms with E-state index in [1.54, 1.807) is 6.26 Å². The lowest BCUT2D eigenvalue weighted by Crippen LogP contribution is -2.12. The minimum Gasteiger partial charge on any atom is -0.464 e. The lowest BCUT2D eigenvalue weighted by molar-refractivity contribution is 0.582. The zero-order valence-electron chi connectivity index (χ0n) is 8.56. The summed E-state index contributed by atoms with van der Waals surface area (Å²) in [6, 6.07) is 11.3. The van der Waals surface area contributed by atoms with Crippen molar-refractivity contribution in [2.45, 2.75) is 0 Å². The largest absolute Gasteiger partial charge is 0.464 e. The summed E-state index contributed by atoms with van der Waals surface area (Å²) >= 11 is 5.60. The van der Waals surface area contributed by atoms with Crippen molar-refractivity contribution in [2.24, 2.45) is 10.7 Å². The average molecular weight is 235 g/mol. The molecule has 0 spiro atoms. The number of para-hydroxylation sites is 1. The molecular formula is C12H11ClN2O. The zero-order valence-corrected chi connectivity index (χ0v) is 9.32. The van der Waals surface area contributed by atoms with Crippen LogP contribution in [0.2, 0.25) is 0 Å². The first kappa shape index (κ1) is 10.8. The summed E-state index contributed by atoms with van der Waals surface area (Å²) < 4.78 is 5.33. The molecule has 1 aromatic carbocycles. The van der Waals surface area contributed by atoms with Crippen molar-refractivity contribution in [3.05, 3.63) is 42.7 Å². The third-order valence-corrected chi connectivity index (χ3v) is 2.37. The molecule has 0 atom stereocenters. The Kier molecular flexibility index (Phi) is 3.27. The molecule has 0 aliphatic heterocycles. The van der Waals surface area contributed by atoms with Crippen LogP contribution in [0.3, 0.4) is 0 Å². The first-order valence-corrected chi connectivity index (χ1v) is 5.36. The van der Waals surface area contributed by atoms with E-state index >= 15 is 0 Å². The molecule has 0 saturated carbocycles. The Hall–Kier alpha value is -1.74. The van der Waals surface area contributed by atoms with Crippen LogP contribution < -0.4 is 5.73 Å². The Morgan fingerprint density at radius 3 is 2.75 bits per heavy atom. The van der Waals surface area contributed by atoms with Gasteiger partial charge < -0.3 is 10.2 Å². The molecule has 0 amide bonds. The van der Waals surface area contributed by atoms with E-state index in [4.69, 9.17) is 21.8 Å². The standard InChI is InChI=1S/C12H11ClN2O/c13-8-12(14)15-10-5-2-1-4-9(10)11-6-3-7-16-11/h1-7H,8H2,(H2,14,15). The molecule has 0 radical (unpaired) electrons. The maximum atomic E-state index is 5.61. The number of aliphatic imine (C=N–C) groups is 1. The molecule has 1 aromatic heterocycles. The van der Waals surface area contributed by atoms with Crippen molar-refractivity contribution in [1.82, 2.24) is 0 Å². The van der Waals surface area contributed by atoms with Crippen molar-refractivity contribution in [2.75, 3.05) is 5.88 Å². The second-order valence-electron chi connectivity index (χ2n) is 3.23. The molecule has 16 heavy (non-hydrogen) atoms. The van der Waals surface area contributed by atoms with Crippen LogP contribution in [-0.2, 0) is 0 Å². The predicted molar refractivity (Wildman–Crippen MR) is 66.1 cm³/mol. The molecule has 0 bridgehead atoms. The fourth-order valence-electron chi connectivity index (χ4n) is 1.40. The molecule has 82 valence electrons. The van der Waals surface area contributed by atoms with Crippen LogP contribution in [0.15, 0.2) is 52.1 Å². The van der Waals surface area contributed by atoms with Gasteiger partial charge in [-0.3, -0.25) is 0 Å². The number of benzene rings is 1. The van der Waals surface area contributed by atoms with Gasteiger partial charge in [-0.05, 0) is 24.3 Å². The van der Waals surface area contributed by atoms with Crippen molar-refractivity contribution in [3.63, 3.8) is 0 Å². The highest BCUT2D eigenvalue weighted by Crippen LogP contribution is 2.30. The van der Waals surface area contributed by atoms with E-state index in [0.29, 0.717) is 5.84 Å². The highest BCUT2D eigenvalue weighted by Gasteiger charge is 2.06. The molecule has 2 aromatic rings. The van der Waals surface area contributed by atoms with Crippen LogP contribution in [0.5, 0.6) is 0 Å². The molecule has 2 rings (SSSR count). The van der Waals surface area contributed by atoms with Crippen LogP contribution in [0, 0.1) is 0 Å². The second kappa shape index (κ2) is 4.86. The number of furan rings is 1. The average Bonchev–Trinajstić information content (AvgIpc) is 2.83. The van der Waals surface area contributed by atoms with Gasteiger partial charge in [0.1, 0.15) is 11.6 Å². The molecule has 0 fully saturated rings. The van der Waals surface area contributed by atoms with E-state index in [-0.39, 0.29) is 5.88 Å². The Bertz CT molecular complexity index is 491. The van der Waals surface area contributed by atoms with Gasteiger partial charge in [-0.25, -0.2) is 4.99 Å². The van der Waals surface area contributed by atoms with Gasteiger partial charge in [-0.1, -0.05) is 12.1 Å². The third kappa shape index (κ3) is 2.25. The number of alkyl halides is 1. The zero-order chi connectivity index (χ0) is 11.4. The summed E-state index contributed by atoms with van der Waals surface area (Å²) in [6.45, 7) is 0. The Morgan fingerprint density at radius 1 is 1.25 bits per heavy atom. The molecule has 0 aliphatic rings. The van der Waals surface area contributed by atoms with E-state index < -0.39 is 0 Å². The smallest absolute Gasteiger partial charge is 0.136 e. The number of hydrogen-bond donors (Lipinski definition) is 1. The molecular weight excluding hydrogens is 224 g/mol. The Labute approximate surface area is 98.6 Å². The van der Waals surface area contributed by atoms with Gasteiger partial charge in [-0.15, -0.1) is 11.6 Å². The summed E-state index contributed by atoms with van der Waals surface area (Å²) in [5.41, 5.74) is 7.28. The van der Waals surface area contributed by atoms with Gasteiger partial charge in [-0.2, -0.15) is 0 Å². The van der Waals surface area contributed by atoms with Gasteiger partial charge in [0.15, 0.2) is 0 Å². The van der Waals surface area contributed by atoms with Crippen molar-refractivity contribution in [1.29, 1.82) is 0 Å². The topological polar surface area (TPSA) is 51.5 Å². The number of halogens is 1. The minimum absolute atomic E-state index is 0.215. The minimum atomic E-state index is 0.215. The van der Waals surface area contributed by atoms with Crippen LogP contribution in [0.25, 0.3) is 11.3 Å². The summed E-state index contributed by atoms with van der Waals surface area (Å²) in [7, 11) is 0. The predicted octanol–water partition coefficient (Wildman–Crippen LogP) is 3.17. The van der Waals surface area contributed by atoms with Gasteiger partial charge in [0, 0.05) is 5.56 Å². The lowest BCUT2D eigenvalue weighted by atomic mass is 10.1. The van der Waals surface area contributed by atoms with Gasteiger partial charge in [0.05, 0.1) is 17.8 Å². The molecule has 1 heterocycles. The highest BCUT2D eigenvalue weighted by atomic mass is 35.5.